The largest absolute Gasteiger partial charge is 0.497 e. The number of aromatic nitrogens is 1. The second-order valence-corrected chi connectivity index (χ2v) is 10.4. The lowest BCUT2D eigenvalue weighted by molar-refractivity contribution is 0.415. The quantitative estimate of drug-likeness (QED) is 0.426. The Labute approximate surface area is 168 Å². The number of nitrogens with zero attached hydrogens (tertiary/aromatic N) is 1. The van der Waals surface area contributed by atoms with Crippen molar-refractivity contribution in [3.8, 4) is 5.75 Å². The number of methoxy groups -OCH3 is 1. The number of thioether (sulfide) groups is 1. The average molecular weight is 423 g/mol. The molecular formula is C19H22N2O3S3. The molecule has 2 N–H and O–H groups in total. The van der Waals surface area contributed by atoms with Crippen LogP contribution in [0.1, 0.15) is 29.2 Å². The Kier molecular flexibility index (Phi) is 6.41. The molecule has 8 heteroatoms. The Balaban J connectivity index is 1.61. The lowest BCUT2D eigenvalue weighted by atomic mass is 10.1. The molecule has 0 fully saturated rings. The molecule has 3 aromatic rings. The van der Waals surface area contributed by atoms with E-state index in [1.165, 1.54) is 0 Å². The first-order valence-corrected chi connectivity index (χ1v) is 11.9. The van der Waals surface area contributed by atoms with Crippen molar-refractivity contribution in [3.05, 3.63) is 53.6 Å². The molecule has 27 heavy (non-hydrogen) atoms. The first kappa shape index (κ1) is 20.1. The standard InChI is InChI=1S/C19H22N2O3S3/c1-13-5-7-14(8-6-13)18(27(20,22)23)4-3-11-25-19-21-16-10-9-15(24-2)12-17(16)26-19/h5-10,12,18H,3-4,11H2,1-2H3,(H2,20,22,23). The van der Waals surface area contributed by atoms with Gasteiger partial charge in [0.25, 0.3) is 0 Å². The monoisotopic (exact) mass is 422 g/mol. The fraction of sp³-hybridized carbons (Fsp3) is 0.316. The van der Waals surface area contributed by atoms with E-state index in [2.05, 4.69) is 4.98 Å². The minimum atomic E-state index is -3.64. The molecule has 0 saturated carbocycles. The van der Waals surface area contributed by atoms with Crippen LogP contribution in [0, 0.1) is 6.92 Å². The number of nitrogens with two attached hydrogens (primary N) is 1. The highest BCUT2D eigenvalue weighted by Crippen LogP contribution is 2.33. The highest BCUT2D eigenvalue weighted by atomic mass is 32.2. The maximum Gasteiger partial charge on any atom is 0.216 e. The summed E-state index contributed by atoms with van der Waals surface area (Å²) in [5.74, 6) is 1.60. The van der Waals surface area contributed by atoms with E-state index >= 15 is 0 Å². The van der Waals surface area contributed by atoms with Crippen LogP contribution in [0.4, 0.5) is 0 Å². The maximum atomic E-state index is 12.0. The Morgan fingerprint density at radius 1 is 1.22 bits per heavy atom. The lowest BCUT2D eigenvalue weighted by Crippen LogP contribution is -2.22. The van der Waals surface area contributed by atoms with Gasteiger partial charge in [-0.3, -0.25) is 0 Å². The number of hydrogen-bond acceptors (Lipinski definition) is 6. The van der Waals surface area contributed by atoms with E-state index in [0.29, 0.717) is 6.42 Å². The van der Waals surface area contributed by atoms with Gasteiger partial charge in [0, 0.05) is 5.75 Å². The van der Waals surface area contributed by atoms with Gasteiger partial charge in [0.1, 0.15) is 11.0 Å². The topological polar surface area (TPSA) is 82.3 Å². The fourth-order valence-corrected chi connectivity index (χ4v) is 5.96. The molecule has 0 bridgehead atoms. The van der Waals surface area contributed by atoms with Crippen molar-refractivity contribution >= 4 is 43.3 Å². The summed E-state index contributed by atoms with van der Waals surface area (Å²) in [6.45, 7) is 1.97. The van der Waals surface area contributed by atoms with Crippen molar-refractivity contribution in [2.75, 3.05) is 12.9 Å². The number of aryl methyl sites for hydroxylation is 1. The van der Waals surface area contributed by atoms with Crippen LogP contribution < -0.4 is 9.88 Å². The molecule has 5 nitrogen and oxygen atoms in total. The minimum absolute atomic E-state index is 0.494. The van der Waals surface area contributed by atoms with Crippen molar-refractivity contribution in [1.29, 1.82) is 0 Å². The van der Waals surface area contributed by atoms with Crippen LogP contribution in [0.2, 0.25) is 0 Å². The van der Waals surface area contributed by atoms with Crippen LogP contribution in [0.3, 0.4) is 0 Å². The molecule has 3 rings (SSSR count). The predicted octanol–water partition coefficient (Wildman–Crippen LogP) is 4.52. The van der Waals surface area contributed by atoms with Crippen LogP contribution in [0.15, 0.2) is 46.8 Å². The fourth-order valence-electron chi connectivity index (χ4n) is 2.80. The predicted molar refractivity (Wildman–Crippen MR) is 113 cm³/mol. The van der Waals surface area contributed by atoms with Crippen LogP contribution in [-0.2, 0) is 10.0 Å². The van der Waals surface area contributed by atoms with Gasteiger partial charge in [-0.25, -0.2) is 18.5 Å². The van der Waals surface area contributed by atoms with Crippen LogP contribution >= 0.6 is 23.1 Å². The Morgan fingerprint density at radius 3 is 2.63 bits per heavy atom. The number of hydrogen-bond donors (Lipinski definition) is 1. The smallest absolute Gasteiger partial charge is 0.216 e. The van der Waals surface area contributed by atoms with Gasteiger partial charge in [-0.15, -0.1) is 11.3 Å². The summed E-state index contributed by atoms with van der Waals surface area (Å²) in [5.41, 5.74) is 2.79. The molecule has 0 aliphatic carbocycles. The van der Waals surface area contributed by atoms with Crippen molar-refractivity contribution in [1.82, 2.24) is 4.98 Å². The zero-order valence-corrected chi connectivity index (χ0v) is 17.7. The Bertz CT molecular complexity index is 1010. The molecular weight excluding hydrogens is 400 g/mol. The van der Waals surface area contributed by atoms with Crippen molar-refractivity contribution in [2.45, 2.75) is 29.4 Å². The van der Waals surface area contributed by atoms with Gasteiger partial charge >= 0.3 is 0 Å². The van der Waals surface area contributed by atoms with E-state index in [1.807, 2.05) is 49.4 Å². The first-order valence-electron chi connectivity index (χ1n) is 8.52. The van der Waals surface area contributed by atoms with Gasteiger partial charge < -0.3 is 4.74 Å². The number of benzene rings is 2. The molecule has 1 heterocycles. The van der Waals surface area contributed by atoms with E-state index in [9.17, 15) is 8.42 Å². The molecule has 0 aliphatic heterocycles. The van der Waals surface area contributed by atoms with Crippen LogP contribution in [-0.4, -0.2) is 26.3 Å². The Hall–Kier alpha value is -1.61. The average Bonchev–Trinajstić information content (AvgIpc) is 3.03. The first-order chi connectivity index (χ1) is 12.9. The normalized spacial score (nSPS) is 13.0. The summed E-state index contributed by atoms with van der Waals surface area (Å²) in [5, 5.41) is 4.80. The molecule has 0 amide bonds. The van der Waals surface area contributed by atoms with Gasteiger partial charge in [0.2, 0.25) is 10.0 Å². The molecule has 0 saturated heterocycles. The number of sulfonamides is 1. The number of primary sulfonamides is 1. The van der Waals surface area contributed by atoms with Gasteiger partial charge in [0.15, 0.2) is 4.34 Å². The molecule has 0 radical (unpaired) electrons. The lowest BCUT2D eigenvalue weighted by Gasteiger charge is -2.15. The summed E-state index contributed by atoms with van der Waals surface area (Å²) in [4.78, 5) is 4.60. The molecule has 1 unspecified atom stereocenters. The summed E-state index contributed by atoms with van der Waals surface area (Å²) < 4.78 is 31.3. The Morgan fingerprint density at radius 2 is 1.96 bits per heavy atom. The van der Waals surface area contributed by atoms with Gasteiger partial charge in [-0.05, 0) is 43.5 Å². The van der Waals surface area contributed by atoms with Crippen LogP contribution in [0.25, 0.3) is 10.2 Å². The highest BCUT2D eigenvalue weighted by molar-refractivity contribution is 8.01. The van der Waals surface area contributed by atoms with Gasteiger partial charge in [-0.2, -0.15) is 0 Å². The van der Waals surface area contributed by atoms with E-state index in [1.54, 1.807) is 30.2 Å². The maximum absolute atomic E-state index is 12.0. The van der Waals surface area contributed by atoms with E-state index < -0.39 is 15.3 Å². The summed E-state index contributed by atoms with van der Waals surface area (Å²) in [6, 6.07) is 13.3. The van der Waals surface area contributed by atoms with Crippen molar-refractivity contribution in [3.63, 3.8) is 0 Å². The third-order valence-electron chi connectivity index (χ3n) is 4.26. The summed E-state index contributed by atoms with van der Waals surface area (Å²) in [7, 11) is -1.99. The summed E-state index contributed by atoms with van der Waals surface area (Å²) in [6.07, 6.45) is 1.23. The third kappa shape index (κ3) is 5.22. The number of rotatable bonds is 8. The van der Waals surface area contributed by atoms with Crippen molar-refractivity contribution in [2.24, 2.45) is 5.14 Å². The SMILES string of the molecule is COc1ccc2nc(SCCCC(c3ccc(C)cc3)S(N)(=O)=O)sc2c1. The number of fused-ring (bicyclic) bond motifs is 1. The molecule has 144 valence electrons. The van der Waals surface area contributed by atoms with E-state index in [4.69, 9.17) is 9.88 Å². The highest BCUT2D eigenvalue weighted by Gasteiger charge is 2.23. The van der Waals surface area contributed by atoms with Crippen LogP contribution in [0.5, 0.6) is 5.75 Å². The molecule has 0 aliphatic rings. The van der Waals surface area contributed by atoms with E-state index in [0.717, 1.165) is 43.6 Å². The second-order valence-electron chi connectivity index (χ2n) is 6.29. The second kappa shape index (κ2) is 8.60. The number of ether oxygens (including phenoxy) is 1. The zero-order valence-electron chi connectivity index (χ0n) is 15.2. The molecule has 1 atom stereocenters. The van der Waals surface area contributed by atoms with Crippen molar-refractivity contribution < 1.29 is 13.2 Å². The van der Waals surface area contributed by atoms with E-state index in [-0.39, 0.29) is 0 Å². The third-order valence-corrected chi connectivity index (χ3v) is 7.81. The minimum Gasteiger partial charge on any atom is -0.497 e. The van der Waals surface area contributed by atoms with Gasteiger partial charge in [0.05, 0.1) is 17.3 Å². The zero-order chi connectivity index (χ0) is 19.4. The molecule has 2 aromatic carbocycles. The summed E-state index contributed by atoms with van der Waals surface area (Å²) >= 11 is 3.26. The number of thiazole rings is 1. The molecule has 1 aromatic heterocycles. The van der Waals surface area contributed by atoms with Gasteiger partial charge in [-0.1, -0.05) is 41.6 Å². The molecule has 0 spiro atoms.